The molecule has 0 spiro atoms. The molecule has 3 atom stereocenters. The van der Waals surface area contributed by atoms with Crippen LogP contribution in [0.1, 0.15) is 52.9 Å². The van der Waals surface area contributed by atoms with Crippen LogP contribution in [0.5, 0.6) is 0 Å². The van der Waals surface area contributed by atoms with E-state index < -0.39 is 11.9 Å². The molecule has 5 nitrogen and oxygen atoms in total. The van der Waals surface area contributed by atoms with Gasteiger partial charge in [0.25, 0.3) is 0 Å². The standard InChI is InChI=1S/C15H28N2O3/c1-15(2,3)8-10(9-16)13(18)17-12-7-5-4-6-11(12)14(19)20/h10-12H,4-9,16H2,1-3H3,(H,17,18)(H,19,20). The number of hydrogen-bond acceptors (Lipinski definition) is 3. The van der Waals surface area contributed by atoms with Crippen molar-refractivity contribution in [1.82, 2.24) is 5.32 Å². The minimum absolute atomic E-state index is 0.0279. The van der Waals surface area contributed by atoms with Crippen molar-refractivity contribution in [2.45, 2.75) is 58.9 Å². The van der Waals surface area contributed by atoms with Crippen LogP contribution in [0.2, 0.25) is 0 Å². The second kappa shape index (κ2) is 7.07. The second-order valence-electron chi connectivity index (χ2n) is 7.04. The lowest BCUT2D eigenvalue weighted by Crippen LogP contribution is -2.48. The lowest BCUT2D eigenvalue weighted by molar-refractivity contribution is -0.144. The van der Waals surface area contributed by atoms with Crippen LogP contribution in [0.3, 0.4) is 0 Å². The Bertz CT molecular complexity index is 350. The van der Waals surface area contributed by atoms with Crippen LogP contribution in [-0.2, 0) is 9.59 Å². The van der Waals surface area contributed by atoms with Gasteiger partial charge >= 0.3 is 5.97 Å². The van der Waals surface area contributed by atoms with E-state index in [-0.39, 0.29) is 23.3 Å². The molecule has 0 aromatic rings. The van der Waals surface area contributed by atoms with Crippen LogP contribution in [0.25, 0.3) is 0 Å². The van der Waals surface area contributed by atoms with Crippen LogP contribution in [0, 0.1) is 17.3 Å². The van der Waals surface area contributed by atoms with Crippen molar-refractivity contribution in [2.75, 3.05) is 6.54 Å². The Kier molecular flexibility index (Phi) is 5.99. The van der Waals surface area contributed by atoms with Crippen molar-refractivity contribution in [1.29, 1.82) is 0 Å². The number of carbonyl (C=O) groups is 2. The molecule has 5 heteroatoms. The summed E-state index contributed by atoms with van der Waals surface area (Å²) in [5.74, 6) is -1.61. The van der Waals surface area contributed by atoms with Gasteiger partial charge in [0, 0.05) is 12.6 Å². The van der Waals surface area contributed by atoms with Crippen LogP contribution in [0.4, 0.5) is 0 Å². The monoisotopic (exact) mass is 284 g/mol. The van der Waals surface area contributed by atoms with Gasteiger partial charge in [-0.3, -0.25) is 9.59 Å². The van der Waals surface area contributed by atoms with Gasteiger partial charge in [-0.05, 0) is 24.7 Å². The van der Waals surface area contributed by atoms with Gasteiger partial charge in [-0.1, -0.05) is 33.6 Å². The fourth-order valence-electron chi connectivity index (χ4n) is 2.92. The molecule has 1 rings (SSSR count). The van der Waals surface area contributed by atoms with E-state index in [9.17, 15) is 14.7 Å². The van der Waals surface area contributed by atoms with E-state index in [1.54, 1.807) is 0 Å². The summed E-state index contributed by atoms with van der Waals surface area (Å²) in [4.78, 5) is 23.5. The zero-order chi connectivity index (χ0) is 15.3. The largest absolute Gasteiger partial charge is 0.481 e. The highest BCUT2D eigenvalue weighted by Crippen LogP contribution is 2.27. The summed E-state index contributed by atoms with van der Waals surface area (Å²) in [5.41, 5.74) is 5.73. The minimum atomic E-state index is -0.810. The smallest absolute Gasteiger partial charge is 0.308 e. The zero-order valence-corrected chi connectivity index (χ0v) is 12.8. The fraction of sp³-hybridized carbons (Fsp3) is 0.867. The van der Waals surface area contributed by atoms with Gasteiger partial charge in [-0.25, -0.2) is 0 Å². The van der Waals surface area contributed by atoms with Crippen LogP contribution in [0.15, 0.2) is 0 Å². The first kappa shape index (κ1) is 17.0. The molecule has 1 aliphatic rings. The molecular weight excluding hydrogens is 256 g/mol. The molecule has 1 saturated carbocycles. The SMILES string of the molecule is CC(C)(C)CC(CN)C(=O)NC1CCCCC1C(=O)O. The molecule has 0 aliphatic heterocycles. The van der Waals surface area contributed by atoms with Crippen LogP contribution in [-0.4, -0.2) is 29.6 Å². The number of nitrogens with one attached hydrogen (secondary N) is 1. The number of hydrogen-bond donors (Lipinski definition) is 3. The van der Waals surface area contributed by atoms with E-state index in [0.717, 1.165) is 19.3 Å². The van der Waals surface area contributed by atoms with Crippen LogP contribution < -0.4 is 11.1 Å². The van der Waals surface area contributed by atoms with Crippen molar-refractivity contribution in [3.63, 3.8) is 0 Å². The molecule has 1 aliphatic carbocycles. The molecule has 1 fully saturated rings. The first-order valence-electron chi connectivity index (χ1n) is 7.48. The third-order valence-electron chi connectivity index (χ3n) is 3.92. The molecule has 0 heterocycles. The molecule has 0 bridgehead atoms. The first-order valence-corrected chi connectivity index (χ1v) is 7.48. The van der Waals surface area contributed by atoms with Gasteiger partial charge in [0.15, 0.2) is 0 Å². The molecule has 0 aromatic heterocycles. The van der Waals surface area contributed by atoms with Crippen molar-refractivity contribution in [3.8, 4) is 0 Å². The number of carboxylic acids is 1. The van der Waals surface area contributed by atoms with Gasteiger partial charge in [0.1, 0.15) is 0 Å². The average molecular weight is 284 g/mol. The summed E-state index contributed by atoms with van der Waals surface area (Å²) in [6.45, 7) is 6.52. The van der Waals surface area contributed by atoms with E-state index in [4.69, 9.17) is 5.73 Å². The lowest BCUT2D eigenvalue weighted by atomic mass is 9.82. The normalized spacial score (nSPS) is 25.0. The van der Waals surface area contributed by atoms with Crippen molar-refractivity contribution in [2.24, 2.45) is 23.0 Å². The number of aliphatic carboxylic acids is 1. The van der Waals surface area contributed by atoms with Gasteiger partial charge in [-0.15, -0.1) is 0 Å². The number of rotatable bonds is 5. The predicted molar refractivity (Wildman–Crippen MR) is 78.1 cm³/mol. The van der Waals surface area contributed by atoms with E-state index in [2.05, 4.69) is 26.1 Å². The Labute approximate surface area is 121 Å². The quantitative estimate of drug-likeness (QED) is 0.717. The highest BCUT2D eigenvalue weighted by atomic mass is 16.4. The van der Waals surface area contributed by atoms with Crippen LogP contribution >= 0.6 is 0 Å². The molecule has 0 aromatic carbocycles. The highest BCUT2D eigenvalue weighted by Gasteiger charge is 2.33. The Morgan fingerprint density at radius 2 is 1.90 bits per heavy atom. The molecule has 3 unspecified atom stereocenters. The molecule has 116 valence electrons. The number of amides is 1. The molecule has 0 radical (unpaired) electrons. The van der Waals surface area contributed by atoms with E-state index in [1.807, 2.05) is 0 Å². The Balaban J connectivity index is 2.64. The Morgan fingerprint density at radius 1 is 1.30 bits per heavy atom. The third kappa shape index (κ3) is 5.12. The first-order chi connectivity index (χ1) is 9.24. The van der Waals surface area contributed by atoms with Gasteiger partial charge in [0.05, 0.1) is 11.8 Å². The van der Waals surface area contributed by atoms with Gasteiger partial charge in [0.2, 0.25) is 5.91 Å². The number of nitrogens with two attached hydrogens (primary N) is 1. The summed E-state index contributed by atoms with van der Waals surface area (Å²) in [7, 11) is 0. The predicted octanol–water partition coefficient (Wildman–Crippen LogP) is 1.76. The third-order valence-corrected chi connectivity index (χ3v) is 3.92. The van der Waals surface area contributed by atoms with E-state index in [0.29, 0.717) is 19.4 Å². The summed E-state index contributed by atoms with van der Waals surface area (Å²) in [6.07, 6.45) is 4.00. The fourth-order valence-corrected chi connectivity index (χ4v) is 2.92. The van der Waals surface area contributed by atoms with Crippen molar-refractivity contribution in [3.05, 3.63) is 0 Å². The lowest BCUT2D eigenvalue weighted by Gasteiger charge is -2.31. The van der Waals surface area contributed by atoms with E-state index in [1.165, 1.54) is 0 Å². The van der Waals surface area contributed by atoms with Gasteiger partial charge in [-0.2, -0.15) is 0 Å². The molecular formula is C15H28N2O3. The molecule has 0 saturated heterocycles. The summed E-state index contributed by atoms with van der Waals surface area (Å²) in [5, 5.41) is 12.2. The summed E-state index contributed by atoms with van der Waals surface area (Å²) in [6, 6.07) is -0.247. The Morgan fingerprint density at radius 3 is 2.40 bits per heavy atom. The number of carbonyl (C=O) groups excluding carboxylic acids is 1. The maximum absolute atomic E-state index is 12.3. The van der Waals surface area contributed by atoms with Gasteiger partial charge < -0.3 is 16.2 Å². The molecule has 20 heavy (non-hydrogen) atoms. The molecule has 4 N–H and O–H groups in total. The topological polar surface area (TPSA) is 92.4 Å². The van der Waals surface area contributed by atoms with E-state index >= 15 is 0 Å². The average Bonchev–Trinajstić information content (AvgIpc) is 2.35. The zero-order valence-electron chi connectivity index (χ0n) is 12.8. The maximum Gasteiger partial charge on any atom is 0.308 e. The van der Waals surface area contributed by atoms with Crippen molar-refractivity contribution >= 4 is 11.9 Å². The molecule has 1 amide bonds. The second-order valence-corrected chi connectivity index (χ2v) is 7.04. The Hall–Kier alpha value is -1.10. The number of carboxylic acid groups (broad SMARTS) is 1. The van der Waals surface area contributed by atoms with Crippen molar-refractivity contribution < 1.29 is 14.7 Å². The summed E-state index contributed by atoms with van der Waals surface area (Å²) >= 11 is 0. The summed E-state index contributed by atoms with van der Waals surface area (Å²) < 4.78 is 0. The minimum Gasteiger partial charge on any atom is -0.481 e. The highest BCUT2D eigenvalue weighted by molar-refractivity contribution is 5.80. The maximum atomic E-state index is 12.3.